The molecule has 3 rings (SSSR count). The van der Waals surface area contributed by atoms with Gasteiger partial charge in [-0.1, -0.05) is 32.0 Å². The first kappa shape index (κ1) is 22.6. The lowest BCUT2D eigenvalue weighted by atomic mass is 9.83. The zero-order chi connectivity index (χ0) is 23.0. The van der Waals surface area contributed by atoms with E-state index in [-0.39, 0.29) is 5.56 Å². The van der Waals surface area contributed by atoms with Gasteiger partial charge in [-0.15, -0.1) is 0 Å². The predicted molar refractivity (Wildman–Crippen MR) is 111 cm³/mol. The fraction of sp³-hybridized carbons (Fsp3) is 0.273. The maximum Gasteiger partial charge on any atom is 0.341 e. The number of hydrogen-bond acceptors (Lipinski definition) is 6. The van der Waals surface area contributed by atoms with Crippen LogP contribution in [0.4, 0.5) is 14.5 Å². The van der Waals surface area contributed by atoms with Crippen LogP contribution in [0.2, 0.25) is 0 Å². The fourth-order valence-corrected chi connectivity index (χ4v) is 4.28. The Hall–Kier alpha value is -3.07. The van der Waals surface area contributed by atoms with Gasteiger partial charge in [-0.2, -0.15) is 8.78 Å². The van der Waals surface area contributed by atoms with Crippen LogP contribution in [-0.4, -0.2) is 39.6 Å². The van der Waals surface area contributed by atoms with Crippen LogP contribution >= 0.6 is 0 Å². The molecule has 0 radical (unpaired) electrons. The molecule has 0 amide bonds. The Morgan fingerprint density at radius 1 is 1.10 bits per heavy atom. The molecular formula is C22H21F2NO5S. The summed E-state index contributed by atoms with van der Waals surface area (Å²) >= 11 is 0. The van der Waals surface area contributed by atoms with E-state index in [1.54, 1.807) is 0 Å². The van der Waals surface area contributed by atoms with Crippen molar-refractivity contribution < 1.29 is 31.5 Å². The van der Waals surface area contributed by atoms with E-state index in [0.29, 0.717) is 0 Å². The van der Waals surface area contributed by atoms with Crippen LogP contribution in [0.3, 0.4) is 0 Å². The number of rotatable bonds is 6. The largest absolute Gasteiger partial charge is 0.454 e. The molecule has 0 N–H and O–H groups in total. The normalized spacial score (nSPS) is 16.5. The van der Waals surface area contributed by atoms with Gasteiger partial charge in [0.1, 0.15) is 0 Å². The Morgan fingerprint density at radius 2 is 1.71 bits per heavy atom. The van der Waals surface area contributed by atoms with Crippen molar-refractivity contribution in [3.05, 3.63) is 71.4 Å². The quantitative estimate of drug-likeness (QED) is 0.494. The topological polar surface area (TPSA) is 80.8 Å². The van der Waals surface area contributed by atoms with Crippen molar-refractivity contribution in [1.82, 2.24) is 0 Å². The molecule has 164 valence electrons. The second-order valence-corrected chi connectivity index (χ2v) is 9.52. The third-order valence-electron chi connectivity index (χ3n) is 5.24. The highest BCUT2D eigenvalue weighted by Crippen LogP contribution is 2.46. The van der Waals surface area contributed by atoms with Gasteiger partial charge in [-0.25, -0.2) is 13.2 Å². The standard InChI is InChI=1S/C22H21F2NO5S/c1-22(2)17-6-4-5-7-18(17)25(3)19(22)12-15(26)13-30-20(27)14-8-10-16(11-9-14)31(28,29)21(23)24/h4-12,21H,13H2,1-3H3/b19-12-. The number of alkyl halides is 2. The van der Waals surface area contributed by atoms with E-state index in [1.807, 2.05) is 50.1 Å². The highest BCUT2D eigenvalue weighted by Gasteiger charge is 2.38. The molecule has 0 bridgehead atoms. The first-order chi connectivity index (χ1) is 14.5. The molecule has 1 heterocycles. The minimum absolute atomic E-state index is 0.0561. The van der Waals surface area contributed by atoms with Gasteiger partial charge in [0, 0.05) is 29.9 Å². The highest BCUT2D eigenvalue weighted by atomic mass is 32.2. The van der Waals surface area contributed by atoms with Gasteiger partial charge in [0.15, 0.2) is 12.4 Å². The first-order valence-electron chi connectivity index (χ1n) is 9.33. The number of anilines is 1. The molecule has 1 aliphatic heterocycles. The van der Waals surface area contributed by atoms with Gasteiger partial charge in [0.2, 0.25) is 9.84 Å². The number of sulfone groups is 1. The number of benzene rings is 2. The second-order valence-electron chi connectivity index (χ2n) is 7.60. The van der Waals surface area contributed by atoms with Crippen LogP contribution in [0.5, 0.6) is 0 Å². The number of hydrogen-bond donors (Lipinski definition) is 0. The summed E-state index contributed by atoms with van der Waals surface area (Å²) in [6.45, 7) is 3.48. The molecule has 6 nitrogen and oxygen atoms in total. The monoisotopic (exact) mass is 449 g/mol. The lowest BCUT2D eigenvalue weighted by molar-refractivity contribution is -0.117. The smallest absolute Gasteiger partial charge is 0.341 e. The van der Waals surface area contributed by atoms with Gasteiger partial charge < -0.3 is 9.64 Å². The summed E-state index contributed by atoms with van der Waals surface area (Å²) in [6, 6.07) is 11.7. The first-order valence-corrected chi connectivity index (χ1v) is 10.9. The van der Waals surface area contributed by atoms with E-state index in [2.05, 4.69) is 0 Å². The summed E-state index contributed by atoms with van der Waals surface area (Å²) < 4.78 is 53.0. The summed E-state index contributed by atoms with van der Waals surface area (Å²) in [5, 5.41) is 0. The molecule has 0 aliphatic carbocycles. The molecule has 0 aromatic heterocycles. The molecule has 0 saturated carbocycles. The Morgan fingerprint density at radius 3 is 2.29 bits per heavy atom. The molecule has 0 fully saturated rings. The molecule has 2 aromatic carbocycles. The van der Waals surface area contributed by atoms with E-state index in [1.165, 1.54) is 6.08 Å². The van der Waals surface area contributed by atoms with Crippen LogP contribution < -0.4 is 4.90 Å². The SMILES string of the molecule is CN1/C(=C\C(=O)COC(=O)c2ccc(S(=O)(=O)C(F)F)cc2)C(C)(C)c2ccccc21. The van der Waals surface area contributed by atoms with E-state index in [4.69, 9.17) is 4.74 Å². The van der Waals surface area contributed by atoms with Gasteiger partial charge in [-0.3, -0.25) is 4.79 Å². The van der Waals surface area contributed by atoms with Crippen LogP contribution in [0, 0.1) is 0 Å². The molecule has 1 aliphatic rings. The van der Waals surface area contributed by atoms with Crippen molar-refractivity contribution in [1.29, 1.82) is 0 Å². The Balaban J connectivity index is 1.68. The molecule has 0 spiro atoms. The number of carbonyl (C=O) groups excluding carboxylic acids is 2. The third-order valence-corrected chi connectivity index (χ3v) is 6.64. The molecule has 31 heavy (non-hydrogen) atoms. The van der Waals surface area contributed by atoms with E-state index in [0.717, 1.165) is 41.2 Å². The average molecular weight is 449 g/mol. The maximum atomic E-state index is 12.6. The summed E-state index contributed by atoms with van der Waals surface area (Å²) in [6.07, 6.45) is 1.44. The van der Waals surface area contributed by atoms with E-state index in [9.17, 15) is 26.8 Å². The van der Waals surface area contributed by atoms with Crippen molar-refractivity contribution in [3.8, 4) is 0 Å². The molecule has 0 unspecified atom stereocenters. The number of likely N-dealkylation sites (N-methyl/N-ethyl adjacent to an activating group) is 1. The Bertz CT molecular complexity index is 1150. The van der Waals surface area contributed by atoms with Crippen molar-refractivity contribution in [2.45, 2.75) is 29.9 Å². The van der Waals surface area contributed by atoms with Crippen molar-refractivity contribution in [2.75, 3.05) is 18.6 Å². The molecular weight excluding hydrogens is 428 g/mol. The number of carbonyl (C=O) groups is 2. The number of nitrogens with zero attached hydrogens (tertiary/aromatic N) is 1. The van der Waals surface area contributed by atoms with Crippen molar-refractivity contribution in [2.24, 2.45) is 0 Å². The lowest BCUT2D eigenvalue weighted by Crippen LogP contribution is -2.25. The van der Waals surface area contributed by atoms with Gasteiger partial charge >= 0.3 is 11.7 Å². The van der Waals surface area contributed by atoms with Crippen LogP contribution in [0.1, 0.15) is 29.8 Å². The molecule has 9 heteroatoms. The van der Waals surface area contributed by atoms with E-state index < -0.39 is 44.3 Å². The van der Waals surface area contributed by atoms with Crippen molar-refractivity contribution >= 4 is 27.3 Å². The molecule has 0 saturated heterocycles. The fourth-order valence-electron chi connectivity index (χ4n) is 3.56. The second kappa shape index (κ2) is 8.22. The average Bonchev–Trinajstić information content (AvgIpc) is 2.93. The van der Waals surface area contributed by atoms with Gasteiger partial charge in [0.05, 0.1) is 10.5 Å². The van der Waals surface area contributed by atoms with Crippen LogP contribution in [0.25, 0.3) is 0 Å². The van der Waals surface area contributed by atoms with Crippen LogP contribution in [-0.2, 0) is 24.8 Å². The van der Waals surface area contributed by atoms with E-state index >= 15 is 0 Å². The maximum absolute atomic E-state index is 12.6. The van der Waals surface area contributed by atoms with Gasteiger partial charge in [0.25, 0.3) is 0 Å². The Labute approximate surface area is 179 Å². The minimum atomic E-state index is -4.75. The highest BCUT2D eigenvalue weighted by molar-refractivity contribution is 7.91. The minimum Gasteiger partial charge on any atom is -0.454 e. The number of esters is 1. The Kier molecular flexibility index (Phi) is 6.00. The molecule has 2 aromatic rings. The van der Waals surface area contributed by atoms with Crippen molar-refractivity contribution in [3.63, 3.8) is 0 Å². The summed E-state index contributed by atoms with van der Waals surface area (Å²) in [4.78, 5) is 25.9. The predicted octanol–water partition coefficient (Wildman–Crippen LogP) is 3.72. The number of ether oxygens (including phenoxy) is 1. The number of ketones is 1. The van der Waals surface area contributed by atoms with Crippen LogP contribution in [0.15, 0.2) is 65.2 Å². The summed E-state index contributed by atoms with van der Waals surface area (Å²) in [5.74, 6) is -4.84. The number of halogens is 2. The number of allylic oxidation sites excluding steroid dienone is 1. The molecule has 0 atom stereocenters. The summed E-state index contributed by atoms with van der Waals surface area (Å²) in [5.41, 5.74) is 2.36. The number of para-hydroxylation sites is 1. The number of fused-ring (bicyclic) bond motifs is 1. The zero-order valence-electron chi connectivity index (χ0n) is 17.1. The summed E-state index contributed by atoms with van der Waals surface area (Å²) in [7, 11) is -2.89. The lowest BCUT2D eigenvalue weighted by Gasteiger charge is -2.23. The van der Waals surface area contributed by atoms with Gasteiger partial charge in [-0.05, 0) is 35.9 Å². The zero-order valence-corrected chi connectivity index (χ0v) is 17.9. The third kappa shape index (κ3) is 4.23.